The Labute approximate surface area is 153 Å². The van der Waals surface area contributed by atoms with Gasteiger partial charge in [0.2, 0.25) is 0 Å². The summed E-state index contributed by atoms with van der Waals surface area (Å²) in [6.45, 7) is 1.59. The molecule has 138 valence electrons. The van der Waals surface area contributed by atoms with Crippen LogP contribution in [0.1, 0.15) is 36.2 Å². The summed E-state index contributed by atoms with van der Waals surface area (Å²) in [6, 6.07) is 8.92. The number of benzene rings is 1. The number of amides is 1. The average Bonchev–Trinajstić information content (AvgIpc) is 2.98. The largest absolute Gasteiger partial charge is 0.497 e. The number of anilines is 2. The normalized spacial score (nSPS) is 14.5. The molecule has 0 aliphatic carbocycles. The fourth-order valence-corrected chi connectivity index (χ4v) is 2.99. The zero-order chi connectivity index (χ0) is 18.4. The lowest BCUT2D eigenvalue weighted by molar-refractivity contribution is 0.0754. The van der Waals surface area contributed by atoms with Crippen molar-refractivity contribution in [1.29, 1.82) is 0 Å². The SMILES string of the molecule is COc1ccc(Nc2ccc(C(=O)N3CCCCCC3)nn2)c(OC)c1. The van der Waals surface area contributed by atoms with Crippen LogP contribution in [0.15, 0.2) is 30.3 Å². The Hall–Kier alpha value is -2.83. The van der Waals surface area contributed by atoms with E-state index in [2.05, 4.69) is 15.5 Å². The lowest BCUT2D eigenvalue weighted by Gasteiger charge is -2.19. The topological polar surface area (TPSA) is 76.6 Å². The Morgan fingerprint density at radius 3 is 2.38 bits per heavy atom. The molecule has 1 aromatic carbocycles. The summed E-state index contributed by atoms with van der Waals surface area (Å²) in [5, 5.41) is 11.4. The summed E-state index contributed by atoms with van der Waals surface area (Å²) in [5.74, 6) is 1.83. The molecule has 7 heteroatoms. The van der Waals surface area contributed by atoms with Crippen LogP contribution >= 0.6 is 0 Å². The van der Waals surface area contributed by atoms with Crippen LogP contribution in [0.25, 0.3) is 0 Å². The van der Waals surface area contributed by atoms with Crippen molar-refractivity contribution in [3.8, 4) is 11.5 Å². The van der Waals surface area contributed by atoms with E-state index in [4.69, 9.17) is 9.47 Å². The molecule has 1 aliphatic rings. The van der Waals surface area contributed by atoms with Gasteiger partial charge in [-0.25, -0.2) is 0 Å². The number of likely N-dealkylation sites (tertiary alicyclic amines) is 1. The molecule has 0 bridgehead atoms. The zero-order valence-electron chi connectivity index (χ0n) is 15.2. The van der Waals surface area contributed by atoms with Crippen LogP contribution in [0.3, 0.4) is 0 Å². The summed E-state index contributed by atoms with van der Waals surface area (Å²) in [4.78, 5) is 14.4. The van der Waals surface area contributed by atoms with Crippen molar-refractivity contribution in [3.05, 3.63) is 36.0 Å². The molecule has 2 heterocycles. The molecule has 2 aromatic rings. The number of carbonyl (C=O) groups excluding carboxylic acids is 1. The quantitative estimate of drug-likeness (QED) is 0.886. The van der Waals surface area contributed by atoms with Gasteiger partial charge in [-0.05, 0) is 37.1 Å². The maximum absolute atomic E-state index is 12.6. The number of aromatic nitrogens is 2. The number of ether oxygens (including phenoxy) is 2. The van der Waals surface area contributed by atoms with E-state index in [0.29, 0.717) is 23.0 Å². The van der Waals surface area contributed by atoms with Crippen LogP contribution in [0, 0.1) is 0 Å². The zero-order valence-corrected chi connectivity index (χ0v) is 15.2. The second-order valence-corrected chi connectivity index (χ2v) is 6.20. The number of hydrogen-bond acceptors (Lipinski definition) is 6. The summed E-state index contributed by atoms with van der Waals surface area (Å²) in [6.07, 6.45) is 4.47. The molecule has 1 aliphatic heterocycles. The van der Waals surface area contributed by atoms with Gasteiger partial charge in [-0.15, -0.1) is 10.2 Å². The molecule has 0 radical (unpaired) electrons. The molecule has 7 nitrogen and oxygen atoms in total. The molecule has 1 aromatic heterocycles. The average molecular weight is 356 g/mol. The van der Waals surface area contributed by atoms with Crippen LogP contribution in [0.5, 0.6) is 11.5 Å². The molecule has 0 unspecified atom stereocenters. The first-order valence-electron chi connectivity index (χ1n) is 8.83. The monoisotopic (exact) mass is 356 g/mol. The first kappa shape index (κ1) is 18.0. The first-order valence-corrected chi connectivity index (χ1v) is 8.83. The lowest BCUT2D eigenvalue weighted by atomic mass is 10.2. The van der Waals surface area contributed by atoms with Gasteiger partial charge in [-0.1, -0.05) is 12.8 Å². The van der Waals surface area contributed by atoms with Crippen molar-refractivity contribution in [2.45, 2.75) is 25.7 Å². The van der Waals surface area contributed by atoms with Crippen molar-refractivity contribution >= 4 is 17.4 Å². The molecule has 1 fully saturated rings. The molecular weight excluding hydrogens is 332 g/mol. The Morgan fingerprint density at radius 1 is 1.00 bits per heavy atom. The van der Waals surface area contributed by atoms with Gasteiger partial charge in [-0.3, -0.25) is 4.79 Å². The van der Waals surface area contributed by atoms with Crippen molar-refractivity contribution in [2.75, 3.05) is 32.6 Å². The van der Waals surface area contributed by atoms with E-state index in [9.17, 15) is 4.79 Å². The van der Waals surface area contributed by atoms with Crippen LogP contribution in [0.4, 0.5) is 11.5 Å². The Bertz CT molecular complexity index is 741. The Balaban J connectivity index is 1.70. The number of methoxy groups -OCH3 is 2. The van der Waals surface area contributed by atoms with Gasteiger partial charge < -0.3 is 19.7 Å². The van der Waals surface area contributed by atoms with Gasteiger partial charge in [0.15, 0.2) is 11.5 Å². The van der Waals surface area contributed by atoms with E-state index in [1.165, 1.54) is 12.8 Å². The second-order valence-electron chi connectivity index (χ2n) is 6.20. The Kier molecular flexibility index (Phi) is 5.88. The number of rotatable bonds is 5. The highest BCUT2D eigenvalue weighted by atomic mass is 16.5. The number of hydrogen-bond donors (Lipinski definition) is 1. The van der Waals surface area contributed by atoms with Crippen LogP contribution in [-0.4, -0.2) is 48.3 Å². The standard InChI is InChI=1S/C19H24N4O3/c1-25-14-7-8-15(17(13-14)26-2)20-18-10-9-16(21-22-18)19(24)23-11-5-3-4-6-12-23/h7-10,13H,3-6,11-12H2,1-2H3,(H,20,22). The fraction of sp³-hybridized carbons (Fsp3) is 0.421. The van der Waals surface area contributed by atoms with Gasteiger partial charge in [0.1, 0.15) is 11.5 Å². The highest BCUT2D eigenvalue weighted by Gasteiger charge is 2.19. The third-order valence-corrected chi connectivity index (χ3v) is 4.45. The summed E-state index contributed by atoms with van der Waals surface area (Å²) in [5.41, 5.74) is 1.12. The maximum Gasteiger partial charge on any atom is 0.274 e. The molecule has 26 heavy (non-hydrogen) atoms. The summed E-state index contributed by atoms with van der Waals surface area (Å²) >= 11 is 0. The predicted octanol–water partition coefficient (Wildman–Crippen LogP) is 3.25. The summed E-state index contributed by atoms with van der Waals surface area (Å²) < 4.78 is 10.6. The summed E-state index contributed by atoms with van der Waals surface area (Å²) in [7, 11) is 3.20. The van der Waals surface area contributed by atoms with E-state index >= 15 is 0 Å². The smallest absolute Gasteiger partial charge is 0.274 e. The van der Waals surface area contributed by atoms with Crippen molar-refractivity contribution in [2.24, 2.45) is 0 Å². The van der Waals surface area contributed by atoms with Gasteiger partial charge in [0.25, 0.3) is 5.91 Å². The number of nitrogens with one attached hydrogen (secondary N) is 1. The van der Waals surface area contributed by atoms with Gasteiger partial charge >= 0.3 is 0 Å². The molecule has 0 spiro atoms. The second kappa shape index (κ2) is 8.51. The van der Waals surface area contributed by atoms with Crippen LogP contribution < -0.4 is 14.8 Å². The van der Waals surface area contributed by atoms with Crippen molar-refractivity contribution < 1.29 is 14.3 Å². The van der Waals surface area contributed by atoms with E-state index in [1.807, 2.05) is 17.0 Å². The van der Waals surface area contributed by atoms with Crippen LogP contribution in [0.2, 0.25) is 0 Å². The minimum Gasteiger partial charge on any atom is -0.497 e. The molecular formula is C19H24N4O3. The van der Waals surface area contributed by atoms with Gasteiger partial charge in [-0.2, -0.15) is 0 Å². The lowest BCUT2D eigenvalue weighted by Crippen LogP contribution is -2.32. The van der Waals surface area contributed by atoms with E-state index in [0.717, 1.165) is 31.6 Å². The Morgan fingerprint density at radius 2 is 1.77 bits per heavy atom. The van der Waals surface area contributed by atoms with Gasteiger partial charge in [0, 0.05) is 19.2 Å². The maximum atomic E-state index is 12.6. The van der Waals surface area contributed by atoms with E-state index < -0.39 is 0 Å². The fourth-order valence-electron chi connectivity index (χ4n) is 2.99. The highest BCUT2D eigenvalue weighted by molar-refractivity contribution is 5.92. The molecule has 1 saturated heterocycles. The highest BCUT2D eigenvalue weighted by Crippen LogP contribution is 2.30. The van der Waals surface area contributed by atoms with Crippen molar-refractivity contribution in [1.82, 2.24) is 15.1 Å². The molecule has 1 amide bonds. The third kappa shape index (κ3) is 4.22. The van der Waals surface area contributed by atoms with Gasteiger partial charge in [0.05, 0.1) is 19.9 Å². The third-order valence-electron chi connectivity index (χ3n) is 4.45. The molecule has 3 rings (SSSR count). The van der Waals surface area contributed by atoms with E-state index in [1.54, 1.807) is 32.4 Å². The first-order chi connectivity index (χ1) is 12.7. The van der Waals surface area contributed by atoms with Crippen molar-refractivity contribution in [3.63, 3.8) is 0 Å². The van der Waals surface area contributed by atoms with Crippen LogP contribution in [-0.2, 0) is 0 Å². The minimum absolute atomic E-state index is 0.0482. The number of nitrogens with zero attached hydrogens (tertiary/aromatic N) is 3. The molecule has 0 atom stereocenters. The predicted molar refractivity (Wildman–Crippen MR) is 99.2 cm³/mol. The molecule has 0 saturated carbocycles. The number of carbonyl (C=O) groups is 1. The van der Waals surface area contributed by atoms with E-state index in [-0.39, 0.29) is 5.91 Å². The minimum atomic E-state index is -0.0482. The molecule has 1 N–H and O–H groups in total.